The summed E-state index contributed by atoms with van der Waals surface area (Å²) >= 11 is 1.29. The first kappa shape index (κ1) is 18.4. The molecule has 1 fully saturated rings. The van der Waals surface area contributed by atoms with Crippen LogP contribution in [0.4, 0.5) is 18.3 Å². The van der Waals surface area contributed by atoms with E-state index in [2.05, 4.69) is 15.4 Å². The second-order valence-corrected chi connectivity index (χ2v) is 8.39. The quantitative estimate of drug-likeness (QED) is 0.655. The summed E-state index contributed by atoms with van der Waals surface area (Å²) in [6, 6.07) is 5.52. The van der Waals surface area contributed by atoms with Crippen LogP contribution < -0.4 is 5.32 Å². The van der Waals surface area contributed by atoms with Crippen LogP contribution in [0.25, 0.3) is 16.3 Å². The van der Waals surface area contributed by atoms with Gasteiger partial charge in [0.25, 0.3) is 0 Å². The lowest BCUT2D eigenvalue weighted by Gasteiger charge is -2.17. The molecular formula is C20H17F3N4OS. The highest BCUT2D eigenvalue weighted by atomic mass is 32.1. The molecule has 0 atom stereocenters. The molecule has 0 unspecified atom stereocenters. The zero-order valence-electron chi connectivity index (χ0n) is 15.5. The lowest BCUT2D eigenvalue weighted by molar-refractivity contribution is -0.137. The number of fused-ring (bicyclic) bond motifs is 3. The molecule has 0 radical (unpaired) electrons. The monoisotopic (exact) mass is 418 g/mol. The van der Waals surface area contributed by atoms with E-state index >= 15 is 0 Å². The molecule has 1 aromatic carbocycles. The van der Waals surface area contributed by atoms with Crippen LogP contribution in [0.3, 0.4) is 0 Å². The van der Waals surface area contributed by atoms with Gasteiger partial charge >= 0.3 is 6.18 Å². The van der Waals surface area contributed by atoms with Crippen LogP contribution in [0, 0.1) is 0 Å². The van der Waals surface area contributed by atoms with E-state index in [1.165, 1.54) is 35.1 Å². The highest BCUT2D eigenvalue weighted by Crippen LogP contribution is 2.49. The maximum Gasteiger partial charge on any atom is 0.418 e. The van der Waals surface area contributed by atoms with Gasteiger partial charge in [0.2, 0.25) is 5.91 Å². The number of aromatic nitrogens is 3. The molecule has 1 N–H and O–H groups in total. The van der Waals surface area contributed by atoms with Gasteiger partial charge in [-0.15, -0.1) is 0 Å². The van der Waals surface area contributed by atoms with Crippen LogP contribution >= 0.6 is 11.3 Å². The molecular weight excluding hydrogens is 401 g/mol. The number of rotatable bonds is 3. The molecule has 0 saturated heterocycles. The van der Waals surface area contributed by atoms with Crippen molar-refractivity contribution in [2.75, 3.05) is 5.32 Å². The van der Waals surface area contributed by atoms with E-state index in [4.69, 9.17) is 0 Å². The molecule has 1 amide bonds. The molecule has 0 spiro atoms. The number of thiazole rings is 1. The van der Waals surface area contributed by atoms with Crippen molar-refractivity contribution in [1.82, 2.24) is 14.8 Å². The lowest BCUT2D eigenvalue weighted by atomic mass is 9.96. The normalized spacial score (nSPS) is 15.7. The summed E-state index contributed by atoms with van der Waals surface area (Å²) in [6.07, 6.45) is -1.09. The molecule has 0 bridgehead atoms. The minimum Gasteiger partial charge on any atom is -0.302 e. The van der Waals surface area contributed by atoms with Gasteiger partial charge < -0.3 is 5.32 Å². The third-order valence-corrected chi connectivity index (χ3v) is 6.24. The highest BCUT2D eigenvalue weighted by Gasteiger charge is 2.39. The molecule has 9 heteroatoms. The Kier molecular flexibility index (Phi) is 4.06. The summed E-state index contributed by atoms with van der Waals surface area (Å²) in [5.74, 6) is 0.0817. The first-order chi connectivity index (χ1) is 13.8. The first-order valence-corrected chi connectivity index (χ1v) is 10.2. The van der Waals surface area contributed by atoms with Crippen molar-refractivity contribution < 1.29 is 18.0 Å². The number of halogens is 3. The van der Waals surface area contributed by atoms with Crippen molar-refractivity contribution in [2.24, 2.45) is 0 Å². The molecule has 2 heterocycles. The summed E-state index contributed by atoms with van der Waals surface area (Å²) in [6.45, 7) is 1.40. The zero-order valence-corrected chi connectivity index (χ0v) is 16.3. The molecule has 2 aromatic heterocycles. The Bertz CT molecular complexity index is 1130. The SMILES string of the molecule is CC(=O)Nc1nc2c(s1)-c1c(c(C3CC3)nn1-c1ccccc1C(F)(F)F)CC2. The molecule has 2 aliphatic rings. The Labute approximate surface area is 168 Å². The number of anilines is 1. The van der Waals surface area contributed by atoms with Gasteiger partial charge in [-0.3, -0.25) is 4.79 Å². The van der Waals surface area contributed by atoms with Crippen molar-refractivity contribution in [3.63, 3.8) is 0 Å². The number of nitrogens with one attached hydrogen (secondary N) is 1. The van der Waals surface area contributed by atoms with Crippen molar-refractivity contribution in [3.05, 3.63) is 46.8 Å². The summed E-state index contributed by atoms with van der Waals surface area (Å²) in [5, 5.41) is 7.82. The first-order valence-electron chi connectivity index (χ1n) is 9.39. The maximum absolute atomic E-state index is 13.7. The van der Waals surface area contributed by atoms with Gasteiger partial charge in [-0.25, -0.2) is 9.67 Å². The minimum absolute atomic E-state index is 0.0190. The van der Waals surface area contributed by atoms with Crippen LogP contribution in [0.5, 0.6) is 0 Å². The van der Waals surface area contributed by atoms with Crippen molar-refractivity contribution >= 4 is 22.4 Å². The molecule has 5 nitrogen and oxygen atoms in total. The number of amides is 1. The third kappa shape index (κ3) is 3.13. The van der Waals surface area contributed by atoms with E-state index < -0.39 is 11.7 Å². The molecule has 1 saturated carbocycles. The van der Waals surface area contributed by atoms with E-state index in [-0.39, 0.29) is 11.6 Å². The number of hydrogen-bond acceptors (Lipinski definition) is 4. The fraction of sp³-hybridized carbons (Fsp3) is 0.350. The second kappa shape index (κ2) is 6.41. The number of nitrogens with zero attached hydrogens (tertiary/aromatic N) is 3. The average Bonchev–Trinajstić information content (AvgIpc) is 3.30. The minimum atomic E-state index is -4.48. The van der Waals surface area contributed by atoms with E-state index in [1.807, 2.05) is 0 Å². The maximum atomic E-state index is 13.7. The second-order valence-electron chi connectivity index (χ2n) is 7.39. The fourth-order valence-corrected chi connectivity index (χ4v) is 4.97. The van der Waals surface area contributed by atoms with Crippen molar-refractivity contribution in [1.29, 1.82) is 0 Å². The lowest BCUT2D eigenvalue weighted by Crippen LogP contribution is -2.13. The topological polar surface area (TPSA) is 59.8 Å². The smallest absolute Gasteiger partial charge is 0.302 e. The molecule has 2 aliphatic carbocycles. The number of carbonyl (C=O) groups excluding carboxylic acids is 1. The number of para-hydroxylation sites is 1. The molecule has 150 valence electrons. The third-order valence-electron chi connectivity index (χ3n) is 5.22. The van der Waals surface area contributed by atoms with Crippen LogP contribution in [0.1, 0.15) is 48.2 Å². The largest absolute Gasteiger partial charge is 0.418 e. The Hall–Kier alpha value is -2.68. The number of aryl methyl sites for hydroxylation is 1. The number of benzene rings is 1. The van der Waals surface area contributed by atoms with Gasteiger partial charge in [0.05, 0.1) is 33.2 Å². The predicted molar refractivity (Wildman–Crippen MR) is 103 cm³/mol. The molecule has 5 rings (SSSR count). The number of hydrogen-bond donors (Lipinski definition) is 1. The van der Waals surface area contributed by atoms with E-state index in [0.717, 1.165) is 40.7 Å². The molecule has 29 heavy (non-hydrogen) atoms. The van der Waals surface area contributed by atoms with Crippen LogP contribution in [0.2, 0.25) is 0 Å². The van der Waals surface area contributed by atoms with E-state index in [0.29, 0.717) is 29.6 Å². The van der Waals surface area contributed by atoms with E-state index in [9.17, 15) is 18.0 Å². The standard InChI is InChI=1S/C20H17F3N4OS/c1-10(28)24-19-25-14-9-8-12-16(11-6-7-11)26-27(17(12)18(14)29-19)15-5-3-2-4-13(15)20(21,22)23/h2-5,11H,6-9H2,1H3,(H,24,25,28). The fourth-order valence-electron chi connectivity index (χ4n) is 3.86. The van der Waals surface area contributed by atoms with Crippen molar-refractivity contribution in [2.45, 2.75) is 44.7 Å². The summed E-state index contributed by atoms with van der Waals surface area (Å²) in [5.41, 5.74) is 2.68. The van der Waals surface area contributed by atoms with Crippen LogP contribution in [0.15, 0.2) is 24.3 Å². The average molecular weight is 418 g/mol. The van der Waals surface area contributed by atoms with Crippen molar-refractivity contribution in [3.8, 4) is 16.3 Å². The van der Waals surface area contributed by atoms with Gasteiger partial charge in [-0.2, -0.15) is 18.3 Å². The van der Waals surface area contributed by atoms with Crippen LogP contribution in [-0.2, 0) is 23.8 Å². The Morgan fingerprint density at radius 1 is 1.24 bits per heavy atom. The van der Waals surface area contributed by atoms with Gasteiger partial charge in [0.15, 0.2) is 5.13 Å². The number of carbonyl (C=O) groups is 1. The molecule has 0 aliphatic heterocycles. The van der Waals surface area contributed by atoms with Crippen LogP contribution in [-0.4, -0.2) is 20.7 Å². The highest BCUT2D eigenvalue weighted by molar-refractivity contribution is 7.19. The summed E-state index contributed by atoms with van der Waals surface area (Å²) in [7, 11) is 0. The number of alkyl halides is 3. The van der Waals surface area contributed by atoms with Gasteiger partial charge in [0.1, 0.15) is 0 Å². The zero-order chi connectivity index (χ0) is 20.3. The Morgan fingerprint density at radius 2 is 2.00 bits per heavy atom. The van der Waals surface area contributed by atoms with E-state index in [1.54, 1.807) is 6.07 Å². The Balaban J connectivity index is 1.74. The summed E-state index contributed by atoms with van der Waals surface area (Å²) < 4.78 is 42.5. The summed E-state index contributed by atoms with van der Waals surface area (Å²) in [4.78, 5) is 16.7. The van der Waals surface area contributed by atoms with Gasteiger partial charge in [-0.05, 0) is 37.8 Å². The van der Waals surface area contributed by atoms with Gasteiger partial charge in [0, 0.05) is 18.4 Å². The molecule has 3 aromatic rings. The Morgan fingerprint density at radius 3 is 2.69 bits per heavy atom. The predicted octanol–water partition coefficient (Wildman–Crippen LogP) is 4.95. The van der Waals surface area contributed by atoms with Gasteiger partial charge in [-0.1, -0.05) is 23.5 Å².